The van der Waals surface area contributed by atoms with Crippen molar-refractivity contribution < 1.29 is 0 Å². The number of nitrogens with zero attached hydrogens (tertiary/aromatic N) is 3. The van der Waals surface area contributed by atoms with Crippen molar-refractivity contribution in [2.75, 3.05) is 6.54 Å². The first-order valence-corrected chi connectivity index (χ1v) is 4.40. The summed E-state index contributed by atoms with van der Waals surface area (Å²) in [6.45, 7) is 2.42. The van der Waals surface area contributed by atoms with E-state index in [2.05, 4.69) is 15.2 Å². The predicted octanol–water partition coefficient (Wildman–Crippen LogP) is 0.520. The van der Waals surface area contributed by atoms with Crippen LogP contribution in [0.2, 0.25) is 5.02 Å². The Balaban J connectivity index is 2.52. The largest absolute Gasteiger partial charge is 0.330 e. The van der Waals surface area contributed by atoms with Gasteiger partial charge in [0.05, 0.1) is 5.69 Å². The van der Waals surface area contributed by atoms with Gasteiger partial charge in [-0.3, -0.25) is 5.10 Å². The van der Waals surface area contributed by atoms with Gasteiger partial charge in [-0.1, -0.05) is 11.6 Å². The van der Waals surface area contributed by atoms with E-state index in [4.69, 9.17) is 17.3 Å². The molecule has 6 heteroatoms. The summed E-state index contributed by atoms with van der Waals surface area (Å²) in [5.74, 6) is 0.718. The molecule has 0 unspecified atom stereocenters. The summed E-state index contributed by atoms with van der Waals surface area (Å²) >= 11 is 5.97. The number of H-pyrrole nitrogens is 1. The van der Waals surface area contributed by atoms with Gasteiger partial charge in [-0.05, 0) is 13.5 Å². The highest BCUT2D eigenvalue weighted by molar-refractivity contribution is 6.34. The van der Waals surface area contributed by atoms with Gasteiger partial charge in [0.15, 0.2) is 11.5 Å². The van der Waals surface area contributed by atoms with E-state index < -0.39 is 0 Å². The number of nitrogens with two attached hydrogens (primary N) is 1. The Hall–Kier alpha value is -1.07. The third-order valence-corrected chi connectivity index (χ3v) is 2.27. The average molecular weight is 200 g/mol. The maximum absolute atomic E-state index is 5.97. The van der Waals surface area contributed by atoms with Crippen molar-refractivity contribution in [3.8, 4) is 0 Å². The summed E-state index contributed by atoms with van der Waals surface area (Å²) in [6, 6.07) is 0. The van der Waals surface area contributed by atoms with Crippen molar-refractivity contribution in [2.24, 2.45) is 5.73 Å². The summed E-state index contributed by atoms with van der Waals surface area (Å²) in [6.07, 6.45) is 0.672. The van der Waals surface area contributed by atoms with Crippen LogP contribution in [0.15, 0.2) is 0 Å². The van der Waals surface area contributed by atoms with E-state index in [9.17, 15) is 0 Å². The highest BCUT2D eigenvalue weighted by Gasteiger charge is 2.10. The van der Waals surface area contributed by atoms with Crippen molar-refractivity contribution in [1.29, 1.82) is 0 Å². The minimum Gasteiger partial charge on any atom is -0.330 e. The molecule has 0 aliphatic heterocycles. The molecule has 0 radical (unpaired) electrons. The zero-order chi connectivity index (χ0) is 9.42. The van der Waals surface area contributed by atoms with Gasteiger partial charge in [-0.2, -0.15) is 4.63 Å². The molecule has 0 amide bonds. The molecule has 0 fully saturated rings. The number of hydrogen-bond donors (Lipinski definition) is 2. The topological polar surface area (TPSA) is 72.0 Å². The van der Waals surface area contributed by atoms with Crippen LogP contribution in [0.4, 0.5) is 0 Å². The lowest BCUT2D eigenvalue weighted by atomic mass is 10.4. The molecule has 0 atom stereocenters. The summed E-state index contributed by atoms with van der Waals surface area (Å²) in [5, 5.41) is 7.77. The molecule has 13 heavy (non-hydrogen) atoms. The van der Waals surface area contributed by atoms with Gasteiger partial charge in [-0.25, -0.2) is 4.98 Å². The van der Waals surface area contributed by atoms with Crippen molar-refractivity contribution in [3.05, 3.63) is 16.5 Å². The Kier molecular flexibility index (Phi) is 1.97. The standard InChI is InChI=1S/C7H10ClN5/c1-4-6(8)7-10-5(2-3-9)12-13(7)11-4/h11H,2-3,9H2,1H3. The first-order chi connectivity index (χ1) is 6.22. The molecule has 5 nitrogen and oxygen atoms in total. The van der Waals surface area contributed by atoms with E-state index in [1.54, 1.807) is 4.63 Å². The molecule has 2 aromatic heterocycles. The summed E-state index contributed by atoms with van der Waals surface area (Å²) in [7, 11) is 0. The van der Waals surface area contributed by atoms with Gasteiger partial charge >= 0.3 is 0 Å². The molecule has 2 rings (SSSR count). The Morgan fingerprint density at radius 1 is 1.62 bits per heavy atom. The maximum Gasteiger partial charge on any atom is 0.194 e. The van der Waals surface area contributed by atoms with Gasteiger partial charge in [0.2, 0.25) is 0 Å². The molecule has 3 N–H and O–H groups in total. The van der Waals surface area contributed by atoms with Crippen LogP contribution in [0.5, 0.6) is 0 Å². The molecule has 2 heterocycles. The third kappa shape index (κ3) is 1.30. The zero-order valence-electron chi connectivity index (χ0n) is 7.21. The third-order valence-electron chi connectivity index (χ3n) is 1.82. The van der Waals surface area contributed by atoms with Gasteiger partial charge in [0, 0.05) is 6.42 Å². The molecule has 0 bridgehead atoms. The van der Waals surface area contributed by atoms with Gasteiger partial charge in [-0.15, -0.1) is 5.10 Å². The molecule has 2 aromatic rings. The number of fused-ring (bicyclic) bond motifs is 1. The number of hydrogen-bond acceptors (Lipinski definition) is 3. The second kappa shape index (κ2) is 3.01. The molecule has 70 valence electrons. The van der Waals surface area contributed by atoms with E-state index in [1.165, 1.54) is 0 Å². The first-order valence-electron chi connectivity index (χ1n) is 4.02. The lowest BCUT2D eigenvalue weighted by Crippen LogP contribution is -2.04. The number of aryl methyl sites for hydroxylation is 1. The molecule has 0 aromatic carbocycles. The Morgan fingerprint density at radius 2 is 2.38 bits per heavy atom. The SMILES string of the molecule is Cc1[nH]n2nc(CCN)nc2c1Cl. The van der Waals surface area contributed by atoms with Crippen LogP contribution >= 0.6 is 11.6 Å². The summed E-state index contributed by atoms with van der Waals surface area (Å²) in [4.78, 5) is 4.23. The lowest BCUT2D eigenvalue weighted by Gasteiger charge is -1.87. The maximum atomic E-state index is 5.97. The highest BCUT2D eigenvalue weighted by Crippen LogP contribution is 2.18. The average Bonchev–Trinajstić information content (AvgIpc) is 2.56. The molecule has 0 saturated carbocycles. The second-order valence-electron chi connectivity index (χ2n) is 2.85. The quantitative estimate of drug-likeness (QED) is 0.741. The van der Waals surface area contributed by atoms with E-state index in [1.807, 2.05) is 6.92 Å². The fraction of sp³-hybridized carbons (Fsp3) is 0.429. The number of rotatable bonds is 2. The van der Waals surface area contributed by atoms with Crippen LogP contribution in [-0.4, -0.2) is 26.4 Å². The highest BCUT2D eigenvalue weighted by atomic mass is 35.5. The molecule has 0 saturated heterocycles. The Morgan fingerprint density at radius 3 is 3.00 bits per heavy atom. The van der Waals surface area contributed by atoms with Crippen LogP contribution in [0.25, 0.3) is 5.65 Å². The minimum atomic E-state index is 0.545. The van der Waals surface area contributed by atoms with Gasteiger partial charge < -0.3 is 5.73 Å². The van der Waals surface area contributed by atoms with Gasteiger partial charge in [0.25, 0.3) is 0 Å². The number of aromatic nitrogens is 4. The van der Waals surface area contributed by atoms with Crippen LogP contribution < -0.4 is 5.73 Å². The van der Waals surface area contributed by atoms with Crippen LogP contribution in [-0.2, 0) is 6.42 Å². The first kappa shape index (κ1) is 8.52. The fourth-order valence-corrected chi connectivity index (χ4v) is 1.35. The molecule has 0 aliphatic carbocycles. The number of halogens is 1. The van der Waals surface area contributed by atoms with Gasteiger partial charge in [0.1, 0.15) is 5.02 Å². The molecule has 0 aliphatic rings. The van der Waals surface area contributed by atoms with E-state index in [-0.39, 0.29) is 0 Å². The monoisotopic (exact) mass is 199 g/mol. The summed E-state index contributed by atoms with van der Waals surface area (Å²) < 4.78 is 1.57. The second-order valence-corrected chi connectivity index (χ2v) is 3.23. The zero-order valence-corrected chi connectivity index (χ0v) is 7.97. The number of aromatic amines is 1. The van der Waals surface area contributed by atoms with Crippen molar-refractivity contribution in [3.63, 3.8) is 0 Å². The smallest absolute Gasteiger partial charge is 0.194 e. The number of nitrogens with one attached hydrogen (secondary N) is 1. The molecular weight excluding hydrogens is 190 g/mol. The van der Waals surface area contributed by atoms with E-state index in [0.29, 0.717) is 23.6 Å². The van der Waals surface area contributed by atoms with Crippen LogP contribution in [0.3, 0.4) is 0 Å². The van der Waals surface area contributed by atoms with Crippen molar-refractivity contribution in [1.82, 2.24) is 19.8 Å². The lowest BCUT2D eigenvalue weighted by molar-refractivity contribution is 0.766. The predicted molar refractivity (Wildman–Crippen MR) is 49.8 cm³/mol. The fourth-order valence-electron chi connectivity index (χ4n) is 1.19. The van der Waals surface area contributed by atoms with Crippen LogP contribution in [0, 0.1) is 6.92 Å². The Bertz CT molecular complexity index is 429. The summed E-state index contributed by atoms with van der Waals surface area (Å²) in [5.41, 5.74) is 6.93. The van der Waals surface area contributed by atoms with E-state index in [0.717, 1.165) is 11.5 Å². The van der Waals surface area contributed by atoms with E-state index >= 15 is 0 Å². The van der Waals surface area contributed by atoms with Crippen molar-refractivity contribution in [2.45, 2.75) is 13.3 Å². The minimum absolute atomic E-state index is 0.545. The molecular formula is C7H10ClN5. The molecule has 0 spiro atoms. The van der Waals surface area contributed by atoms with Crippen LogP contribution in [0.1, 0.15) is 11.5 Å². The Labute approximate surface area is 79.9 Å². The van der Waals surface area contributed by atoms with Crippen molar-refractivity contribution >= 4 is 17.2 Å². The normalized spacial score (nSPS) is 11.3.